The topological polar surface area (TPSA) is 61.9 Å². The number of ether oxygens (including phenoxy) is 6. The van der Waals surface area contributed by atoms with E-state index >= 15 is 0 Å². The summed E-state index contributed by atoms with van der Waals surface area (Å²) < 4.78 is 37.1. The first-order valence-electron chi connectivity index (χ1n) is 16.0. The van der Waals surface area contributed by atoms with Gasteiger partial charge in [0.2, 0.25) is 5.75 Å². The fourth-order valence-electron chi connectivity index (χ4n) is 7.35. The van der Waals surface area contributed by atoms with Crippen LogP contribution in [0.5, 0.6) is 46.0 Å². The van der Waals surface area contributed by atoms with Crippen molar-refractivity contribution in [3.05, 3.63) is 93.0 Å². The van der Waals surface area contributed by atoms with E-state index < -0.39 is 0 Å². The maximum atomic E-state index is 7.11. The summed E-state index contributed by atoms with van der Waals surface area (Å²) in [6.45, 7) is 1.76. The van der Waals surface area contributed by atoms with E-state index in [0.717, 1.165) is 54.8 Å². The van der Waals surface area contributed by atoms with Crippen molar-refractivity contribution in [2.75, 3.05) is 55.6 Å². The van der Waals surface area contributed by atoms with Crippen LogP contribution < -0.4 is 28.4 Å². The predicted molar refractivity (Wildman–Crippen MR) is 183 cm³/mol. The highest BCUT2D eigenvalue weighted by Crippen LogP contribution is 2.55. The second-order valence-corrected chi connectivity index (χ2v) is 12.9. The summed E-state index contributed by atoms with van der Waals surface area (Å²) in [5.41, 5.74) is 6.75. The number of halogens is 1. The molecule has 2 atom stereocenters. The van der Waals surface area contributed by atoms with E-state index in [0.29, 0.717) is 51.7 Å². The molecule has 8 nitrogen and oxygen atoms in total. The summed E-state index contributed by atoms with van der Waals surface area (Å²) in [6, 6.07) is 18.8. The molecule has 0 unspecified atom stereocenters. The molecule has 0 fully saturated rings. The molecule has 246 valence electrons. The normalized spacial score (nSPS) is 19.0. The Kier molecular flexibility index (Phi) is 8.59. The molecule has 0 amide bonds. The molecule has 0 saturated heterocycles. The van der Waals surface area contributed by atoms with Gasteiger partial charge in [0.25, 0.3) is 0 Å². The van der Waals surface area contributed by atoms with E-state index in [2.05, 4.69) is 60.3 Å². The molecule has 4 aliphatic heterocycles. The minimum atomic E-state index is -0.0898. The molecule has 4 aromatic carbocycles. The Bertz CT molecular complexity index is 1810. The van der Waals surface area contributed by atoms with E-state index in [1.54, 1.807) is 28.4 Å². The lowest BCUT2D eigenvalue weighted by atomic mass is 9.87. The molecule has 0 aliphatic carbocycles. The lowest BCUT2D eigenvalue weighted by Crippen LogP contribution is -2.34. The summed E-state index contributed by atoms with van der Waals surface area (Å²) in [5.74, 6) is 4.90. The van der Waals surface area contributed by atoms with Gasteiger partial charge in [0.1, 0.15) is 5.75 Å². The van der Waals surface area contributed by atoms with Crippen molar-refractivity contribution in [3.8, 4) is 46.0 Å². The van der Waals surface area contributed by atoms with Crippen LogP contribution in [0.2, 0.25) is 5.02 Å². The Morgan fingerprint density at radius 1 is 0.681 bits per heavy atom. The lowest BCUT2D eigenvalue weighted by molar-refractivity contribution is 0.220. The van der Waals surface area contributed by atoms with Gasteiger partial charge >= 0.3 is 0 Å². The largest absolute Gasteiger partial charge is 0.493 e. The number of nitrogens with zero attached hydrogens (tertiary/aromatic N) is 2. The summed E-state index contributed by atoms with van der Waals surface area (Å²) >= 11 is 7.11. The van der Waals surface area contributed by atoms with Crippen LogP contribution in [0.15, 0.2) is 54.6 Å². The molecular weight excluding hydrogens is 616 g/mol. The van der Waals surface area contributed by atoms with Crippen molar-refractivity contribution in [2.24, 2.45) is 0 Å². The monoisotopic (exact) mass is 656 g/mol. The fourth-order valence-corrected chi connectivity index (χ4v) is 7.71. The predicted octanol–water partition coefficient (Wildman–Crippen LogP) is 7.82. The van der Waals surface area contributed by atoms with Gasteiger partial charge in [0.15, 0.2) is 34.5 Å². The molecule has 8 rings (SSSR count). The lowest BCUT2D eigenvalue weighted by Gasteiger charge is -2.38. The molecule has 4 heterocycles. The number of hydrogen-bond acceptors (Lipinski definition) is 8. The first kappa shape index (κ1) is 31.5. The highest BCUT2D eigenvalue weighted by Gasteiger charge is 2.37. The minimum Gasteiger partial charge on any atom is -0.493 e. The van der Waals surface area contributed by atoms with Gasteiger partial charge in [0.05, 0.1) is 33.5 Å². The van der Waals surface area contributed by atoms with Crippen LogP contribution in [-0.2, 0) is 25.7 Å². The Morgan fingerprint density at radius 2 is 1.34 bits per heavy atom. The Morgan fingerprint density at radius 3 is 2.06 bits per heavy atom. The van der Waals surface area contributed by atoms with E-state index in [1.165, 1.54) is 16.7 Å². The van der Waals surface area contributed by atoms with Gasteiger partial charge in [-0.15, -0.1) is 0 Å². The summed E-state index contributed by atoms with van der Waals surface area (Å²) in [6.07, 6.45) is 3.15. The third kappa shape index (κ3) is 5.62. The highest BCUT2D eigenvalue weighted by molar-refractivity contribution is 6.33. The highest BCUT2D eigenvalue weighted by atomic mass is 35.5. The molecular formula is C38H41ClN2O6. The molecule has 0 radical (unpaired) electrons. The molecule has 47 heavy (non-hydrogen) atoms. The number of benzene rings is 4. The minimum absolute atomic E-state index is 0.0898. The van der Waals surface area contributed by atoms with E-state index in [4.69, 9.17) is 40.0 Å². The third-order valence-corrected chi connectivity index (χ3v) is 10.3. The van der Waals surface area contributed by atoms with Crippen LogP contribution in [0.4, 0.5) is 0 Å². The molecule has 4 aliphatic rings. The molecule has 4 aromatic rings. The van der Waals surface area contributed by atoms with Crippen molar-refractivity contribution in [2.45, 2.75) is 37.8 Å². The first-order chi connectivity index (χ1) is 22.8. The van der Waals surface area contributed by atoms with Crippen LogP contribution in [-0.4, -0.2) is 65.4 Å². The van der Waals surface area contributed by atoms with Gasteiger partial charge in [-0.05, 0) is 104 Å². The van der Waals surface area contributed by atoms with Crippen LogP contribution >= 0.6 is 11.6 Å². The number of hydrogen-bond donors (Lipinski definition) is 0. The van der Waals surface area contributed by atoms with Crippen molar-refractivity contribution in [1.82, 2.24) is 9.80 Å². The second kappa shape index (κ2) is 12.8. The zero-order valence-corrected chi connectivity index (χ0v) is 28.6. The Labute approximate surface area is 281 Å². The molecule has 0 aromatic heterocycles. The zero-order chi connectivity index (χ0) is 32.8. The van der Waals surface area contributed by atoms with Crippen LogP contribution in [0.1, 0.15) is 45.5 Å². The number of likely N-dealkylation sites (N-methyl/N-ethyl adjacent to an activating group) is 2. The smallest absolute Gasteiger partial charge is 0.205 e. The van der Waals surface area contributed by atoms with Gasteiger partial charge in [-0.2, -0.15) is 0 Å². The number of fused-ring (bicyclic) bond motifs is 2. The molecule has 9 heteroatoms. The number of rotatable bonds is 4. The first-order valence-corrected chi connectivity index (χ1v) is 16.4. The van der Waals surface area contributed by atoms with Crippen molar-refractivity contribution in [3.63, 3.8) is 0 Å². The van der Waals surface area contributed by atoms with E-state index in [9.17, 15) is 0 Å². The van der Waals surface area contributed by atoms with Crippen molar-refractivity contribution in [1.29, 1.82) is 0 Å². The van der Waals surface area contributed by atoms with Gasteiger partial charge < -0.3 is 28.4 Å². The maximum absolute atomic E-state index is 7.11. The van der Waals surface area contributed by atoms with Crippen molar-refractivity contribution >= 4 is 11.6 Å². The van der Waals surface area contributed by atoms with Gasteiger partial charge in [-0.25, -0.2) is 0 Å². The summed E-state index contributed by atoms with van der Waals surface area (Å²) in [5, 5.41) is 0.549. The number of methoxy groups -OCH3 is 4. The third-order valence-electron chi connectivity index (χ3n) is 9.93. The van der Waals surface area contributed by atoms with Gasteiger partial charge in [-0.1, -0.05) is 29.8 Å². The fraction of sp³-hybridized carbons (Fsp3) is 0.368. The SMILES string of the molecule is COc1ccc2cc1Oc1ccc(cc1)C[C@H]1c3cc(c(OC)cc3CCN1C)Oc1c(OC)c(OC)c(Cl)c3c1[C@@H](C2)N(C)CC3. The molecule has 0 N–H and O–H groups in total. The van der Waals surface area contributed by atoms with Crippen molar-refractivity contribution < 1.29 is 28.4 Å². The van der Waals surface area contributed by atoms with Gasteiger partial charge in [-0.3, -0.25) is 9.80 Å². The Balaban J connectivity index is 1.49. The summed E-state index contributed by atoms with van der Waals surface area (Å²) in [7, 11) is 10.9. The summed E-state index contributed by atoms with van der Waals surface area (Å²) in [4.78, 5) is 4.75. The quantitative estimate of drug-likeness (QED) is 0.220. The molecule has 0 spiro atoms. The van der Waals surface area contributed by atoms with Crippen LogP contribution in [0, 0.1) is 0 Å². The maximum Gasteiger partial charge on any atom is 0.205 e. The Hall–Kier alpha value is -4.11. The van der Waals surface area contributed by atoms with E-state index in [1.807, 2.05) is 18.2 Å². The average molecular weight is 657 g/mol. The molecule has 6 bridgehead atoms. The second-order valence-electron chi connectivity index (χ2n) is 12.5. The van der Waals surface area contributed by atoms with Crippen LogP contribution in [0.25, 0.3) is 0 Å². The van der Waals surface area contributed by atoms with Gasteiger partial charge in [0, 0.05) is 30.7 Å². The standard InChI is InChI=1S/C38H41ClN2O6/c1-40-15-13-24-20-31(43-4)33-21-27(24)28(40)17-22-7-10-25(11-8-22)46-32-19-23(9-12-30(32)42-3)18-29-34-26(14-16-41(29)2)35(39)37(44-5)38(45-6)36(34)47-33/h7-12,19-21,28-29H,13-18H2,1-6H3/t28-,29+/m0/s1. The molecule has 0 saturated carbocycles. The van der Waals surface area contributed by atoms with E-state index in [-0.39, 0.29) is 12.1 Å². The van der Waals surface area contributed by atoms with Crippen LogP contribution in [0.3, 0.4) is 0 Å². The average Bonchev–Trinajstić information content (AvgIpc) is 3.08. The zero-order valence-electron chi connectivity index (χ0n) is 27.8.